The van der Waals surface area contributed by atoms with E-state index in [2.05, 4.69) is 10.3 Å². The van der Waals surface area contributed by atoms with Crippen molar-refractivity contribution in [3.63, 3.8) is 0 Å². The first-order valence-corrected chi connectivity index (χ1v) is 7.89. The van der Waals surface area contributed by atoms with E-state index < -0.39 is 0 Å². The first-order valence-electron chi connectivity index (χ1n) is 7.89. The van der Waals surface area contributed by atoms with Crippen LogP contribution in [-0.4, -0.2) is 41.4 Å². The third kappa shape index (κ3) is 4.10. The van der Waals surface area contributed by atoms with Crippen LogP contribution in [0, 0.1) is 5.92 Å². The van der Waals surface area contributed by atoms with Crippen molar-refractivity contribution in [2.45, 2.75) is 6.42 Å². The minimum Gasteiger partial charge on any atom is -0.492 e. The van der Waals surface area contributed by atoms with Gasteiger partial charge in [-0.15, -0.1) is 0 Å². The molecule has 1 fully saturated rings. The first kappa shape index (κ1) is 16.0. The van der Waals surface area contributed by atoms with E-state index in [1.807, 2.05) is 30.3 Å². The molecule has 1 aromatic carbocycles. The molecule has 1 aliphatic heterocycles. The van der Waals surface area contributed by atoms with E-state index in [1.165, 1.54) is 0 Å². The summed E-state index contributed by atoms with van der Waals surface area (Å²) in [5, 5.41) is 2.80. The maximum absolute atomic E-state index is 12.3. The van der Waals surface area contributed by atoms with Crippen LogP contribution in [0.2, 0.25) is 0 Å². The zero-order chi connectivity index (χ0) is 16.8. The normalized spacial score (nSPS) is 16.9. The minimum atomic E-state index is -0.338. The van der Waals surface area contributed by atoms with Gasteiger partial charge in [0.15, 0.2) is 0 Å². The van der Waals surface area contributed by atoms with E-state index in [4.69, 9.17) is 4.74 Å². The minimum absolute atomic E-state index is 0.0157. The Kier molecular flexibility index (Phi) is 5.05. The van der Waals surface area contributed by atoms with E-state index in [0.717, 1.165) is 5.75 Å². The number of carbonyl (C=O) groups is 2. The third-order valence-electron chi connectivity index (χ3n) is 3.89. The number of rotatable bonds is 6. The largest absolute Gasteiger partial charge is 0.492 e. The fourth-order valence-corrected chi connectivity index (χ4v) is 2.64. The van der Waals surface area contributed by atoms with Crippen LogP contribution in [-0.2, 0) is 9.59 Å². The standard InChI is InChI=1S/C18H19N3O3/c22-17-11-14(18(23)20-15-5-4-8-19-12-15)13-21(17)9-10-24-16-6-2-1-3-7-16/h1-8,12,14H,9-11,13H2,(H,20,23)/t14-/m0/s1. The summed E-state index contributed by atoms with van der Waals surface area (Å²) in [6, 6.07) is 13.0. The molecule has 0 saturated carbocycles. The van der Waals surface area contributed by atoms with Crippen molar-refractivity contribution in [2.75, 3.05) is 25.0 Å². The Morgan fingerprint density at radius 1 is 1.25 bits per heavy atom. The fraction of sp³-hybridized carbons (Fsp3) is 0.278. The second-order valence-electron chi connectivity index (χ2n) is 5.63. The van der Waals surface area contributed by atoms with Crippen molar-refractivity contribution in [1.29, 1.82) is 0 Å². The summed E-state index contributed by atoms with van der Waals surface area (Å²) in [6.45, 7) is 1.31. The Morgan fingerprint density at radius 2 is 2.08 bits per heavy atom. The van der Waals surface area contributed by atoms with Crippen molar-refractivity contribution < 1.29 is 14.3 Å². The number of aromatic nitrogens is 1. The van der Waals surface area contributed by atoms with Crippen LogP contribution in [0.3, 0.4) is 0 Å². The van der Waals surface area contributed by atoms with E-state index in [1.54, 1.807) is 29.4 Å². The van der Waals surface area contributed by atoms with Gasteiger partial charge in [0.25, 0.3) is 0 Å². The molecule has 1 N–H and O–H groups in total. The number of anilines is 1. The summed E-state index contributed by atoms with van der Waals surface area (Å²) < 4.78 is 5.60. The second kappa shape index (κ2) is 7.59. The number of hydrogen-bond donors (Lipinski definition) is 1. The Balaban J connectivity index is 1.47. The number of hydrogen-bond acceptors (Lipinski definition) is 4. The molecule has 1 atom stereocenters. The number of likely N-dealkylation sites (tertiary alicyclic amines) is 1. The summed E-state index contributed by atoms with van der Waals surface area (Å²) in [5.74, 6) is 0.269. The van der Waals surface area contributed by atoms with Gasteiger partial charge in [0.2, 0.25) is 11.8 Å². The molecule has 2 amide bonds. The van der Waals surface area contributed by atoms with E-state index in [0.29, 0.717) is 25.4 Å². The van der Waals surface area contributed by atoms with Crippen LogP contribution in [0.15, 0.2) is 54.9 Å². The fourth-order valence-electron chi connectivity index (χ4n) is 2.64. The van der Waals surface area contributed by atoms with Crippen molar-refractivity contribution >= 4 is 17.5 Å². The van der Waals surface area contributed by atoms with Gasteiger partial charge < -0.3 is 15.0 Å². The molecule has 0 spiro atoms. The van der Waals surface area contributed by atoms with Gasteiger partial charge in [-0.05, 0) is 24.3 Å². The number of carbonyl (C=O) groups excluding carboxylic acids is 2. The zero-order valence-electron chi connectivity index (χ0n) is 13.2. The van der Waals surface area contributed by atoms with E-state index in [-0.39, 0.29) is 24.2 Å². The van der Waals surface area contributed by atoms with Gasteiger partial charge in [-0.3, -0.25) is 14.6 Å². The number of ether oxygens (including phenoxy) is 1. The molecule has 1 aromatic heterocycles. The average Bonchev–Trinajstić information content (AvgIpc) is 2.98. The number of benzene rings is 1. The van der Waals surface area contributed by atoms with Crippen molar-refractivity contribution in [3.05, 3.63) is 54.9 Å². The van der Waals surface area contributed by atoms with Crippen LogP contribution in [0.5, 0.6) is 5.75 Å². The molecule has 6 heteroatoms. The van der Waals surface area contributed by atoms with Crippen molar-refractivity contribution in [2.24, 2.45) is 5.92 Å². The molecule has 24 heavy (non-hydrogen) atoms. The van der Waals surface area contributed by atoms with Gasteiger partial charge in [-0.1, -0.05) is 18.2 Å². The van der Waals surface area contributed by atoms with Gasteiger partial charge in [0, 0.05) is 19.2 Å². The molecule has 1 saturated heterocycles. The number of amides is 2. The first-order chi connectivity index (χ1) is 11.7. The SMILES string of the molecule is O=C(Nc1cccnc1)[C@H]1CC(=O)N(CCOc2ccccc2)C1. The molecule has 124 valence electrons. The molecule has 1 aliphatic rings. The predicted octanol–water partition coefficient (Wildman–Crippen LogP) is 1.95. The maximum atomic E-state index is 12.3. The Labute approximate surface area is 140 Å². The smallest absolute Gasteiger partial charge is 0.229 e. The lowest BCUT2D eigenvalue weighted by Crippen LogP contribution is -2.31. The summed E-state index contributed by atoms with van der Waals surface area (Å²) >= 11 is 0. The molecular weight excluding hydrogens is 306 g/mol. The van der Waals surface area contributed by atoms with Crippen LogP contribution in [0.1, 0.15) is 6.42 Å². The Morgan fingerprint density at radius 3 is 2.83 bits per heavy atom. The summed E-state index contributed by atoms with van der Waals surface area (Å²) in [4.78, 5) is 29.9. The molecule has 2 heterocycles. The second-order valence-corrected chi connectivity index (χ2v) is 5.63. The quantitative estimate of drug-likeness (QED) is 0.881. The monoisotopic (exact) mass is 325 g/mol. The lowest BCUT2D eigenvalue weighted by atomic mass is 10.1. The zero-order valence-corrected chi connectivity index (χ0v) is 13.2. The average molecular weight is 325 g/mol. The lowest BCUT2D eigenvalue weighted by molar-refractivity contribution is -0.128. The summed E-state index contributed by atoms with van der Waals surface area (Å²) in [5.41, 5.74) is 0.640. The summed E-state index contributed by atoms with van der Waals surface area (Å²) in [7, 11) is 0. The molecule has 0 bridgehead atoms. The summed E-state index contributed by atoms with van der Waals surface area (Å²) in [6.07, 6.45) is 3.46. The molecule has 6 nitrogen and oxygen atoms in total. The third-order valence-corrected chi connectivity index (χ3v) is 3.89. The van der Waals surface area contributed by atoms with E-state index in [9.17, 15) is 9.59 Å². The molecule has 3 rings (SSSR count). The highest BCUT2D eigenvalue weighted by Crippen LogP contribution is 2.19. The Hall–Kier alpha value is -2.89. The lowest BCUT2D eigenvalue weighted by Gasteiger charge is -2.17. The van der Waals surface area contributed by atoms with Crippen LogP contribution >= 0.6 is 0 Å². The van der Waals surface area contributed by atoms with Gasteiger partial charge in [0.05, 0.1) is 24.3 Å². The molecule has 0 aliphatic carbocycles. The van der Waals surface area contributed by atoms with Crippen LogP contribution in [0.4, 0.5) is 5.69 Å². The van der Waals surface area contributed by atoms with Crippen molar-refractivity contribution in [1.82, 2.24) is 9.88 Å². The number of nitrogens with one attached hydrogen (secondary N) is 1. The van der Waals surface area contributed by atoms with Crippen molar-refractivity contribution in [3.8, 4) is 5.75 Å². The van der Waals surface area contributed by atoms with Gasteiger partial charge in [0.1, 0.15) is 12.4 Å². The number of pyridine rings is 1. The van der Waals surface area contributed by atoms with Gasteiger partial charge in [-0.2, -0.15) is 0 Å². The molecule has 2 aromatic rings. The van der Waals surface area contributed by atoms with E-state index >= 15 is 0 Å². The predicted molar refractivity (Wildman–Crippen MR) is 89.5 cm³/mol. The highest BCUT2D eigenvalue weighted by atomic mass is 16.5. The van der Waals surface area contributed by atoms with Crippen LogP contribution in [0.25, 0.3) is 0 Å². The van der Waals surface area contributed by atoms with Gasteiger partial charge in [-0.25, -0.2) is 0 Å². The highest BCUT2D eigenvalue weighted by molar-refractivity contribution is 5.97. The maximum Gasteiger partial charge on any atom is 0.229 e. The van der Waals surface area contributed by atoms with Gasteiger partial charge >= 0.3 is 0 Å². The highest BCUT2D eigenvalue weighted by Gasteiger charge is 2.34. The molecule has 0 unspecified atom stereocenters. The number of nitrogens with zero attached hydrogens (tertiary/aromatic N) is 2. The van der Waals surface area contributed by atoms with Crippen LogP contribution < -0.4 is 10.1 Å². The Bertz CT molecular complexity index is 691. The topological polar surface area (TPSA) is 71.5 Å². The molecule has 0 radical (unpaired) electrons. The number of para-hydroxylation sites is 1. The molecular formula is C18H19N3O3.